The first-order valence-electron chi connectivity index (χ1n) is 9.03. The zero-order valence-corrected chi connectivity index (χ0v) is 16.3. The van der Waals surface area contributed by atoms with Crippen molar-refractivity contribution in [1.29, 1.82) is 0 Å². The maximum atomic E-state index is 14.7. The van der Waals surface area contributed by atoms with E-state index in [0.29, 0.717) is 16.9 Å². The topological polar surface area (TPSA) is 148 Å². The molecular formula is C19H19FN4O5S. The molecule has 0 aliphatic carbocycles. The number of hydrogen-bond donors (Lipinski definition) is 6. The normalized spacial score (nSPS) is 20.0. The third kappa shape index (κ3) is 3.95. The summed E-state index contributed by atoms with van der Waals surface area (Å²) in [6, 6.07) is 10.6. The molecule has 2 atom stereocenters. The van der Waals surface area contributed by atoms with Gasteiger partial charge in [-0.3, -0.25) is 18.6 Å². The van der Waals surface area contributed by atoms with E-state index in [2.05, 4.69) is 20.0 Å². The van der Waals surface area contributed by atoms with Crippen LogP contribution >= 0.6 is 10.8 Å². The van der Waals surface area contributed by atoms with Crippen molar-refractivity contribution in [1.82, 2.24) is 20.0 Å². The lowest BCUT2D eigenvalue weighted by molar-refractivity contribution is -0.118. The van der Waals surface area contributed by atoms with Crippen molar-refractivity contribution in [2.75, 3.05) is 0 Å². The van der Waals surface area contributed by atoms with Gasteiger partial charge < -0.3 is 15.4 Å². The van der Waals surface area contributed by atoms with Crippen LogP contribution in [0.3, 0.4) is 0 Å². The van der Waals surface area contributed by atoms with E-state index in [-0.39, 0.29) is 18.4 Å². The fraction of sp³-hybridized carbons (Fsp3) is 0.211. The number of aromatic amines is 1. The molecule has 9 nitrogen and oxygen atoms in total. The number of hydrogen-bond acceptors (Lipinski definition) is 5. The number of H-pyrrole nitrogens is 1. The number of carbonyl (C=O) groups excluding carboxylic acids is 1. The van der Waals surface area contributed by atoms with Gasteiger partial charge in [0, 0.05) is 12.0 Å². The summed E-state index contributed by atoms with van der Waals surface area (Å²) >= 11 is 0. The van der Waals surface area contributed by atoms with Crippen LogP contribution < -0.4 is 10.0 Å². The van der Waals surface area contributed by atoms with Crippen molar-refractivity contribution in [2.24, 2.45) is 0 Å². The van der Waals surface area contributed by atoms with E-state index in [1.807, 2.05) is 18.2 Å². The SMILES string of the molecule is O=C(O)N[C@@H](Cc1ccc(C2CC(=O)NS2(O)O)c(F)c1)c1nc2ccccc2[nH]1. The van der Waals surface area contributed by atoms with Gasteiger partial charge >= 0.3 is 6.09 Å². The minimum absolute atomic E-state index is 0.0172. The van der Waals surface area contributed by atoms with Crippen LogP contribution in [-0.2, 0) is 11.2 Å². The molecular weight excluding hydrogens is 415 g/mol. The molecule has 6 N–H and O–H groups in total. The average Bonchev–Trinajstić information content (AvgIpc) is 3.20. The molecule has 1 aromatic heterocycles. The number of amides is 2. The van der Waals surface area contributed by atoms with Crippen LogP contribution in [0.15, 0.2) is 42.5 Å². The molecule has 0 radical (unpaired) electrons. The fourth-order valence-corrected chi connectivity index (χ4v) is 5.04. The highest BCUT2D eigenvalue weighted by Gasteiger charge is 2.39. The predicted octanol–water partition coefficient (Wildman–Crippen LogP) is 3.48. The van der Waals surface area contributed by atoms with Gasteiger partial charge in [-0.05, 0) is 23.8 Å². The van der Waals surface area contributed by atoms with E-state index < -0.39 is 39.9 Å². The number of carboxylic acid groups (broad SMARTS) is 1. The summed E-state index contributed by atoms with van der Waals surface area (Å²) in [5.74, 6) is -0.866. The summed E-state index contributed by atoms with van der Waals surface area (Å²) in [6.45, 7) is 0. The van der Waals surface area contributed by atoms with E-state index in [1.165, 1.54) is 12.1 Å². The van der Waals surface area contributed by atoms with E-state index in [4.69, 9.17) is 0 Å². The molecule has 1 aliphatic rings. The molecule has 3 aromatic rings. The van der Waals surface area contributed by atoms with Gasteiger partial charge in [-0.15, -0.1) is 10.8 Å². The molecule has 30 heavy (non-hydrogen) atoms. The van der Waals surface area contributed by atoms with Crippen LogP contribution in [0.4, 0.5) is 9.18 Å². The Labute approximate surface area is 171 Å². The summed E-state index contributed by atoms with van der Waals surface area (Å²) in [5.41, 5.74) is 1.91. The van der Waals surface area contributed by atoms with E-state index in [0.717, 1.165) is 5.52 Å². The van der Waals surface area contributed by atoms with Crippen LogP contribution in [0.2, 0.25) is 0 Å². The molecule has 0 saturated carbocycles. The summed E-state index contributed by atoms with van der Waals surface area (Å²) in [6.07, 6.45) is -1.36. The van der Waals surface area contributed by atoms with E-state index in [1.54, 1.807) is 12.1 Å². The zero-order valence-electron chi connectivity index (χ0n) is 15.5. The Morgan fingerprint density at radius 1 is 1.30 bits per heavy atom. The van der Waals surface area contributed by atoms with Gasteiger partial charge in [0.15, 0.2) is 0 Å². The summed E-state index contributed by atoms with van der Waals surface area (Å²) in [7, 11) is -3.47. The van der Waals surface area contributed by atoms with Crippen molar-refractivity contribution in [2.45, 2.75) is 24.1 Å². The standard InChI is InChI=1S/C19H19FN4O5S/c20-12-7-10(5-6-11(12)16-9-17(25)24-30(16,28)29)8-15(23-19(26)27)18-21-13-3-1-2-4-14(13)22-18/h1-7,15-16,23,28-29H,8-9H2,(H,21,22)(H,24,25)(H,26,27)/t15-,16?/m0/s1. The minimum Gasteiger partial charge on any atom is -0.465 e. The van der Waals surface area contributed by atoms with Crippen LogP contribution in [-0.4, -0.2) is 36.2 Å². The van der Waals surface area contributed by atoms with Gasteiger partial charge in [0.25, 0.3) is 0 Å². The van der Waals surface area contributed by atoms with Crippen LogP contribution in [0.25, 0.3) is 11.0 Å². The minimum atomic E-state index is -3.47. The highest BCUT2D eigenvalue weighted by atomic mass is 32.3. The molecule has 2 aromatic carbocycles. The Morgan fingerprint density at radius 3 is 2.70 bits per heavy atom. The fourth-order valence-electron chi connectivity index (χ4n) is 3.55. The lowest BCUT2D eigenvalue weighted by atomic mass is 10.0. The number of carbonyl (C=O) groups is 2. The molecule has 1 unspecified atom stereocenters. The number of rotatable bonds is 5. The third-order valence-corrected chi connectivity index (χ3v) is 6.66. The Morgan fingerprint density at radius 2 is 2.07 bits per heavy atom. The monoisotopic (exact) mass is 434 g/mol. The molecule has 1 aliphatic heterocycles. The number of nitrogens with one attached hydrogen (secondary N) is 3. The lowest BCUT2D eigenvalue weighted by Gasteiger charge is -2.33. The highest BCUT2D eigenvalue weighted by molar-refractivity contribution is 8.23. The van der Waals surface area contributed by atoms with Crippen molar-refractivity contribution in [3.63, 3.8) is 0 Å². The summed E-state index contributed by atoms with van der Waals surface area (Å²) < 4.78 is 36.8. The Balaban J connectivity index is 1.61. The van der Waals surface area contributed by atoms with E-state index >= 15 is 0 Å². The third-order valence-electron chi connectivity index (χ3n) is 4.92. The van der Waals surface area contributed by atoms with Crippen molar-refractivity contribution >= 4 is 33.8 Å². The molecule has 2 heterocycles. The molecule has 1 saturated heterocycles. The number of halogens is 1. The maximum absolute atomic E-state index is 14.7. The summed E-state index contributed by atoms with van der Waals surface area (Å²) in [4.78, 5) is 30.2. The number of imidazole rings is 1. The second-order valence-corrected chi connectivity index (χ2v) is 8.97. The predicted molar refractivity (Wildman–Crippen MR) is 108 cm³/mol. The first kappa shape index (κ1) is 20.1. The van der Waals surface area contributed by atoms with Gasteiger partial charge in [-0.2, -0.15) is 0 Å². The first-order chi connectivity index (χ1) is 14.2. The van der Waals surface area contributed by atoms with Crippen molar-refractivity contribution < 1.29 is 28.2 Å². The van der Waals surface area contributed by atoms with Gasteiger partial charge in [-0.1, -0.05) is 24.3 Å². The average molecular weight is 434 g/mol. The van der Waals surface area contributed by atoms with E-state index in [9.17, 15) is 28.2 Å². The molecule has 0 spiro atoms. The van der Waals surface area contributed by atoms with Crippen LogP contribution in [0.5, 0.6) is 0 Å². The Bertz CT molecular complexity index is 1100. The molecule has 4 rings (SSSR count). The quantitative estimate of drug-likeness (QED) is 0.362. The van der Waals surface area contributed by atoms with Gasteiger partial charge in [-0.25, -0.2) is 14.2 Å². The Hall–Kier alpha value is -3.15. The molecule has 2 amide bonds. The highest BCUT2D eigenvalue weighted by Crippen LogP contribution is 2.56. The van der Waals surface area contributed by atoms with Crippen molar-refractivity contribution in [3.05, 3.63) is 65.2 Å². The summed E-state index contributed by atoms with van der Waals surface area (Å²) in [5, 5.41) is 10.5. The lowest BCUT2D eigenvalue weighted by Crippen LogP contribution is -2.29. The zero-order chi connectivity index (χ0) is 21.5. The number of aromatic nitrogens is 2. The molecule has 11 heteroatoms. The van der Waals surface area contributed by atoms with Gasteiger partial charge in [0.05, 0.1) is 23.5 Å². The number of benzene rings is 2. The van der Waals surface area contributed by atoms with Gasteiger partial charge in [0.2, 0.25) is 5.91 Å². The largest absolute Gasteiger partial charge is 0.465 e. The van der Waals surface area contributed by atoms with Crippen LogP contribution in [0, 0.1) is 5.82 Å². The van der Waals surface area contributed by atoms with Crippen LogP contribution in [0.1, 0.15) is 34.7 Å². The first-order valence-corrected chi connectivity index (χ1v) is 10.6. The molecule has 0 bridgehead atoms. The number of fused-ring (bicyclic) bond motifs is 1. The van der Waals surface area contributed by atoms with Crippen molar-refractivity contribution in [3.8, 4) is 0 Å². The second-order valence-electron chi connectivity index (χ2n) is 7.01. The maximum Gasteiger partial charge on any atom is 0.405 e. The molecule has 158 valence electrons. The van der Waals surface area contributed by atoms with Gasteiger partial charge in [0.1, 0.15) is 16.9 Å². The molecule has 1 fully saturated rings. The second kappa shape index (κ2) is 7.59. The Kier molecular flexibility index (Phi) is 5.10. The number of para-hydroxylation sites is 2. The number of nitrogens with zero attached hydrogens (tertiary/aromatic N) is 1. The smallest absolute Gasteiger partial charge is 0.405 e.